The number of ether oxygens (including phenoxy) is 1. The van der Waals surface area contributed by atoms with E-state index in [2.05, 4.69) is 15.6 Å². The Hall–Kier alpha value is -2.87. The monoisotopic (exact) mass is 355 g/mol. The van der Waals surface area contributed by atoms with Crippen LogP contribution in [0.2, 0.25) is 0 Å². The Morgan fingerprint density at radius 1 is 1.38 bits per heavy atom. The van der Waals surface area contributed by atoms with Gasteiger partial charge in [0.25, 0.3) is 0 Å². The second-order valence-corrected chi connectivity index (χ2v) is 6.50. The molecule has 4 rings (SSSR count). The normalized spacial score (nSPS) is 17.0. The van der Waals surface area contributed by atoms with Crippen molar-refractivity contribution < 1.29 is 14.6 Å². The van der Waals surface area contributed by atoms with Gasteiger partial charge in [-0.05, 0) is 31.0 Å². The Morgan fingerprint density at radius 2 is 2.31 bits per heavy atom. The van der Waals surface area contributed by atoms with E-state index < -0.39 is 5.97 Å². The fourth-order valence-electron chi connectivity index (χ4n) is 3.35. The summed E-state index contributed by atoms with van der Waals surface area (Å²) >= 11 is 0. The molecule has 1 unspecified atom stereocenters. The number of fused-ring (bicyclic) bond motifs is 1. The summed E-state index contributed by atoms with van der Waals surface area (Å²) in [5.41, 5.74) is 2.68. The first-order chi connectivity index (χ1) is 12.7. The van der Waals surface area contributed by atoms with E-state index in [9.17, 15) is 4.79 Å². The van der Waals surface area contributed by atoms with Crippen LogP contribution in [-0.4, -0.2) is 43.3 Å². The quantitative estimate of drug-likeness (QED) is 0.674. The molecule has 1 aliphatic rings. The van der Waals surface area contributed by atoms with E-state index in [1.54, 1.807) is 10.8 Å². The van der Waals surface area contributed by atoms with Gasteiger partial charge in [-0.2, -0.15) is 0 Å². The van der Waals surface area contributed by atoms with Gasteiger partial charge in [0, 0.05) is 23.9 Å². The molecule has 2 N–H and O–H groups in total. The highest BCUT2D eigenvalue weighted by Gasteiger charge is 2.16. The number of hydrogen-bond acceptors (Lipinski definition) is 5. The number of hydrogen-bond donors (Lipinski definition) is 2. The lowest BCUT2D eigenvalue weighted by atomic mass is 10.2. The van der Waals surface area contributed by atoms with Crippen LogP contribution in [0.1, 0.15) is 18.5 Å². The molecule has 0 bridgehead atoms. The average molecular weight is 355 g/mol. The molecular formula is C18H21N5O3. The first-order valence-corrected chi connectivity index (χ1v) is 8.73. The number of nitrogens with zero attached hydrogens (tertiary/aromatic N) is 4. The van der Waals surface area contributed by atoms with Crippen molar-refractivity contribution in [2.45, 2.75) is 38.6 Å². The van der Waals surface area contributed by atoms with E-state index in [-0.39, 0.29) is 12.6 Å². The number of aliphatic carboxylic acids is 1. The number of rotatable bonds is 7. The molecule has 3 heterocycles. The van der Waals surface area contributed by atoms with Gasteiger partial charge >= 0.3 is 5.97 Å². The predicted octanol–water partition coefficient (Wildman–Crippen LogP) is 2.11. The topological polar surface area (TPSA) is 94.2 Å². The molecule has 1 atom stereocenters. The highest BCUT2D eigenvalue weighted by molar-refractivity contribution is 5.93. The third-order valence-corrected chi connectivity index (χ3v) is 4.58. The van der Waals surface area contributed by atoms with Crippen LogP contribution in [0.3, 0.4) is 0 Å². The largest absolute Gasteiger partial charge is 0.480 e. The van der Waals surface area contributed by atoms with Crippen LogP contribution in [-0.2, 0) is 29.2 Å². The summed E-state index contributed by atoms with van der Waals surface area (Å²) in [6.07, 6.45) is 6.15. The summed E-state index contributed by atoms with van der Waals surface area (Å²) in [5.74, 6) is -0.858. The highest BCUT2D eigenvalue weighted by atomic mass is 16.5. The summed E-state index contributed by atoms with van der Waals surface area (Å²) in [4.78, 5) is 11.0. The van der Waals surface area contributed by atoms with E-state index in [0.29, 0.717) is 6.54 Å². The molecule has 8 heteroatoms. The van der Waals surface area contributed by atoms with Crippen molar-refractivity contribution in [2.75, 3.05) is 11.9 Å². The number of nitrogens with one attached hydrogen (secondary N) is 1. The minimum Gasteiger partial charge on any atom is -0.480 e. The maximum atomic E-state index is 11.0. The van der Waals surface area contributed by atoms with Crippen LogP contribution in [0.25, 0.3) is 10.9 Å². The minimum absolute atomic E-state index is 0.0511. The van der Waals surface area contributed by atoms with Crippen LogP contribution in [0.15, 0.2) is 36.7 Å². The lowest BCUT2D eigenvalue weighted by Gasteiger charge is -2.08. The molecule has 0 radical (unpaired) electrons. The van der Waals surface area contributed by atoms with Gasteiger partial charge in [0.05, 0.1) is 30.9 Å². The molecule has 3 aromatic rings. The first kappa shape index (κ1) is 16.6. The van der Waals surface area contributed by atoms with Gasteiger partial charge in [-0.25, -0.2) is 4.68 Å². The van der Waals surface area contributed by atoms with Gasteiger partial charge < -0.3 is 19.7 Å². The second kappa shape index (κ2) is 7.17. The van der Waals surface area contributed by atoms with Gasteiger partial charge in [-0.15, -0.1) is 5.10 Å². The summed E-state index contributed by atoms with van der Waals surface area (Å²) in [6.45, 7) is 2.07. The van der Waals surface area contributed by atoms with Crippen molar-refractivity contribution in [3.63, 3.8) is 0 Å². The molecule has 1 fully saturated rings. The van der Waals surface area contributed by atoms with Gasteiger partial charge in [0.1, 0.15) is 12.2 Å². The average Bonchev–Trinajstić information content (AvgIpc) is 3.35. The van der Waals surface area contributed by atoms with Crippen LogP contribution < -0.4 is 5.32 Å². The van der Waals surface area contributed by atoms with Gasteiger partial charge in [0.15, 0.2) is 0 Å². The second-order valence-electron chi connectivity index (χ2n) is 6.50. The van der Waals surface area contributed by atoms with Crippen molar-refractivity contribution in [1.82, 2.24) is 19.6 Å². The Morgan fingerprint density at radius 3 is 3.12 bits per heavy atom. The van der Waals surface area contributed by atoms with Crippen molar-refractivity contribution in [2.24, 2.45) is 0 Å². The molecule has 0 spiro atoms. The molecule has 1 aliphatic heterocycles. The van der Waals surface area contributed by atoms with Crippen LogP contribution >= 0.6 is 0 Å². The van der Waals surface area contributed by atoms with Gasteiger partial charge in [-0.3, -0.25) is 4.79 Å². The third-order valence-electron chi connectivity index (χ3n) is 4.58. The van der Waals surface area contributed by atoms with Gasteiger partial charge in [0.2, 0.25) is 0 Å². The Kier molecular flexibility index (Phi) is 4.57. The Bertz CT molecular complexity index is 911. The molecule has 136 valence electrons. The SMILES string of the molecule is O=C(O)Cn1ccc2c(NCc3cn(CC4CCCO4)nn3)cccc21. The summed E-state index contributed by atoms with van der Waals surface area (Å²) < 4.78 is 9.18. The van der Waals surface area contributed by atoms with E-state index in [1.165, 1.54) is 0 Å². The summed E-state index contributed by atoms with van der Waals surface area (Å²) in [5, 5.41) is 21.7. The molecule has 0 amide bonds. The molecule has 8 nitrogen and oxygen atoms in total. The molecular weight excluding hydrogens is 334 g/mol. The van der Waals surface area contributed by atoms with E-state index in [0.717, 1.165) is 48.3 Å². The number of aromatic nitrogens is 4. The zero-order valence-electron chi connectivity index (χ0n) is 14.3. The lowest BCUT2D eigenvalue weighted by Crippen LogP contribution is -2.15. The molecule has 26 heavy (non-hydrogen) atoms. The van der Waals surface area contributed by atoms with Crippen molar-refractivity contribution >= 4 is 22.6 Å². The standard InChI is InChI=1S/C18H21N5O3/c24-18(25)12-22-7-6-15-16(4-1-5-17(15)22)19-9-13-10-23(21-20-13)11-14-3-2-8-26-14/h1,4-7,10,14,19H,2-3,8-9,11-12H2,(H,24,25). The van der Waals surface area contributed by atoms with Crippen molar-refractivity contribution in [1.29, 1.82) is 0 Å². The predicted molar refractivity (Wildman–Crippen MR) is 95.9 cm³/mol. The Labute approximate surface area is 150 Å². The molecule has 1 saturated heterocycles. The summed E-state index contributed by atoms with van der Waals surface area (Å²) in [6, 6.07) is 7.73. The van der Waals surface area contributed by atoms with Crippen molar-refractivity contribution in [3.05, 3.63) is 42.4 Å². The number of benzene rings is 1. The van der Waals surface area contributed by atoms with Crippen LogP contribution in [0, 0.1) is 0 Å². The van der Waals surface area contributed by atoms with Crippen LogP contribution in [0.5, 0.6) is 0 Å². The van der Waals surface area contributed by atoms with Crippen LogP contribution in [0.4, 0.5) is 5.69 Å². The molecule has 2 aromatic heterocycles. The minimum atomic E-state index is -0.858. The maximum Gasteiger partial charge on any atom is 0.323 e. The van der Waals surface area contributed by atoms with E-state index >= 15 is 0 Å². The zero-order chi connectivity index (χ0) is 17.9. The smallest absolute Gasteiger partial charge is 0.323 e. The molecule has 1 aromatic carbocycles. The lowest BCUT2D eigenvalue weighted by molar-refractivity contribution is -0.137. The molecule has 0 saturated carbocycles. The van der Waals surface area contributed by atoms with E-state index in [1.807, 2.05) is 35.1 Å². The first-order valence-electron chi connectivity index (χ1n) is 8.73. The number of carboxylic acid groups (broad SMARTS) is 1. The van der Waals surface area contributed by atoms with E-state index in [4.69, 9.17) is 9.84 Å². The Balaban J connectivity index is 1.44. The highest BCUT2D eigenvalue weighted by Crippen LogP contribution is 2.25. The fraction of sp³-hybridized carbons (Fsp3) is 0.389. The third kappa shape index (κ3) is 3.55. The number of carbonyl (C=O) groups is 1. The van der Waals surface area contributed by atoms with Gasteiger partial charge in [-0.1, -0.05) is 11.3 Å². The number of carboxylic acids is 1. The maximum absolute atomic E-state index is 11.0. The number of anilines is 1. The molecule has 0 aliphatic carbocycles. The fourth-order valence-corrected chi connectivity index (χ4v) is 3.35. The summed E-state index contributed by atoms with van der Waals surface area (Å²) in [7, 11) is 0. The zero-order valence-corrected chi connectivity index (χ0v) is 14.3. The van der Waals surface area contributed by atoms with Crippen molar-refractivity contribution in [3.8, 4) is 0 Å².